The molecule has 0 fully saturated rings. The smallest absolute Gasteiger partial charge is 0.221 e. The number of hydrogen-bond donors (Lipinski definition) is 1. The molecule has 1 amide bonds. The van der Waals surface area contributed by atoms with Crippen molar-refractivity contribution in [2.75, 3.05) is 20.8 Å². The van der Waals surface area contributed by atoms with Gasteiger partial charge in [0, 0.05) is 31.3 Å². The second-order valence-electron chi connectivity index (χ2n) is 9.93. The van der Waals surface area contributed by atoms with Gasteiger partial charge in [-0.05, 0) is 59.9 Å². The van der Waals surface area contributed by atoms with Gasteiger partial charge in [-0.25, -0.2) is 4.98 Å². The molecule has 7 heteroatoms. The van der Waals surface area contributed by atoms with Crippen LogP contribution in [0.3, 0.4) is 0 Å². The van der Waals surface area contributed by atoms with Gasteiger partial charge in [0.2, 0.25) is 5.91 Å². The summed E-state index contributed by atoms with van der Waals surface area (Å²) >= 11 is 0. The summed E-state index contributed by atoms with van der Waals surface area (Å²) in [5, 5.41) is 3.11. The van der Waals surface area contributed by atoms with Gasteiger partial charge in [0.25, 0.3) is 0 Å². The third kappa shape index (κ3) is 6.52. The minimum Gasteiger partial charge on any atom is -0.493 e. The highest BCUT2D eigenvalue weighted by Crippen LogP contribution is 2.33. The topological polar surface area (TPSA) is 74.1 Å². The third-order valence-electron chi connectivity index (χ3n) is 7.26. The molecule has 5 rings (SSSR count). The molecular formula is C34H35N3O4. The van der Waals surface area contributed by atoms with Crippen LogP contribution >= 0.6 is 0 Å². The van der Waals surface area contributed by atoms with E-state index in [0.29, 0.717) is 43.2 Å². The molecule has 5 aromatic rings. The minimum atomic E-state index is -0.184. The lowest BCUT2D eigenvalue weighted by Crippen LogP contribution is -2.28. The zero-order valence-corrected chi connectivity index (χ0v) is 23.7. The van der Waals surface area contributed by atoms with Gasteiger partial charge >= 0.3 is 0 Å². The summed E-state index contributed by atoms with van der Waals surface area (Å²) in [6.45, 7) is 3.04. The van der Waals surface area contributed by atoms with E-state index in [2.05, 4.69) is 24.4 Å². The van der Waals surface area contributed by atoms with Crippen LogP contribution in [-0.2, 0) is 17.8 Å². The van der Waals surface area contributed by atoms with Crippen molar-refractivity contribution in [3.8, 4) is 17.2 Å². The normalized spacial score (nSPS) is 11.7. The van der Waals surface area contributed by atoms with E-state index in [-0.39, 0.29) is 11.8 Å². The fourth-order valence-corrected chi connectivity index (χ4v) is 5.10. The summed E-state index contributed by atoms with van der Waals surface area (Å²) in [5.41, 5.74) is 6.04. The predicted octanol–water partition coefficient (Wildman–Crippen LogP) is 6.12. The number of carbonyl (C=O) groups excluding carboxylic acids is 1. The van der Waals surface area contributed by atoms with E-state index >= 15 is 0 Å². The van der Waals surface area contributed by atoms with Gasteiger partial charge in [0.05, 0.1) is 19.9 Å². The number of fused-ring (bicyclic) bond motifs is 1. The maximum Gasteiger partial charge on any atom is 0.221 e. The largest absolute Gasteiger partial charge is 0.493 e. The molecule has 1 unspecified atom stereocenters. The molecule has 0 saturated carbocycles. The minimum absolute atomic E-state index is 0.0230. The molecule has 1 atom stereocenters. The van der Waals surface area contributed by atoms with Crippen LogP contribution < -0.4 is 19.5 Å². The average Bonchev–Trinajstić information content (AvgIpc) is 3.44. The molecule has 0 aliphatic rings. The van der Waals surface area contributed by atoms with Gasteiger partial charge < -0.3 is 23.9 Å². The first kappa shape index (κ1) is 27.8. The van der Waals surface area contributed by atoms with Crippen molar-refractivity contribution in [3.63, 3.8) is 0 Å². The summed E-state index contributed by atoms with van der Waals surface area (Å²) < 4.78 is 18.9. The molecule has 2 aromatic heterocycles. The second-order valence-corrected chi connectivity index (χ2v) is 9.93. The van der Waals surface area contributed by atoms with Gasteiger partial charge in [-0.2, -0.15) is 0 Å². The van der Waals surface area contributed by atoms with Crippen molar-refractivity contribution in [1.82, 2.24) is 14.7 Å². The fraction of sp³-hybridized carbons (Fsp3) is 0.235. The number of ether oxygens (including phenoxy) is 3. The molecule has 41 heavy (non-hydrogen) atoms. The number of carbonyl (C=O) groups is 1. The van der Waals surface area contributed by atoms with Crippen LogP contribution in [0.2, 0.25) is 0 Å². The maximum absolute atomic E-state index is 13.3. The number of benzene rings is 3. The number of aromatic nitrogens is 2. The van der Waals surface area contributed by atoms with Crippen LogP contribution in [0.25, 0.3) is 5.65 Å². The van der Waals surface area contributed by atoms with Crippen LogP contribution in [-0.4, -0.2) is 36.1 Å². The number of amides is 1. The second kappa shape index (κ2) is 13.0. The molecule has 0 radical (unpaired) electrons. The number of hydrogen-bond acceptors (Lipinski definition) is 5. The van der Waals surface area contributed by atoms with Crippen molar-refractivity contribution in [2.45, 2.75) is 32.3 Å². The highest BCUT2D eigenvalue weighted by molar-refractivity contribution is 5.77. The Morgan fingerprint density at radius 3 is 2.44 bits per heavy atom. The standard InChI is InChI=1S/C34H35N3O4/c1-24-10-7-8-13-27(24)28(21-33(38)35-18-17-25-15-16-30(39-2)32(20-25)40-3)29-22-36-34-31(14-9-19-37(29)34)41-23-26-11-5-4-6-12-26/h4-16,19-20,22,28H,17-18,21,23H2,1-3H3,(H,35,38). The van der Waals surface area contributed by atoms with Gasteiger partial charge in [-0.15, -0.1) is 0 Å². The van der Waals surface area contributed by atoms with Gasteiger partial charge in [-0.1, -0.05) is 60.7 Å². The highest BCUT2D eigenvalue weighted by atomic mass is 16.5. The first-order chi connectivity index (χ1) is 20.1. The maximum atomic E-state index is 13.3. The highest BCUT2D eigenvalue weighted by Gasteiger charge is 2.24. The summed E-state index contributed by atoms with van der Waals surface area (Å²) in [6.07, 6.45) is 4.81. The first-order valence-electron chi connectivity index (χ1n) is 13.7. The lowest BCUT2D eigenvalue weighted by molar-refractivity contribution is -0.121. The van der Waals surface area contributed by atoms with E-state index in [1.807, 2.05) is 89.6 Å². The van der Waals surface area contributed by atoms with E-state index in [1.54, 1.807) is 14.2 Å². The van der Waals surface area contributed by atoms with E-state index < -0.39 is 0 Å². The van der Waals surface area contributed by atoms with Crippen LogP contribution in [0.15, 0.2) is 97.3 Å². The predicted molar refractivity (Wildman–Crippen MR) is 160 cm³/mol. The summed E-state index contributed by atoms with van der Waals surface area (Å²) in [5.74, 6) is 1.85. The molecule has 7 nitrogen and oxygen atoms in total. The molecule has 3 aromatic carbocycles. The lowest BCUT2D eigenvalue weighted by Gasteiger charge is -2.20. The summed E-state index contributed by atoms with van der Waals surface area (Å²) in [6, 6.07) is 28.0. The number of nitrogens with one attached hydrogen (secondary N) is 1. The monoisotopic (exact) mass is 549 g/mol. The molecule has 2 heterocycles. The van der Waals surface area contributed by atoms with Crippen molar-refractivity contribution in [1.29, 1.82) is 0 Å². The first-order valence-corrected chi connectivity index (χ1v) is 13.7. The van der Waals surface area contributed by atoms with E-state index in [1.165, 1.54) is 0 Å². The molecule has 0 saturated heterocycles. The molecule has 0 aliphatic carbocycles. The van der Waals surface area contributed by atoms with Crippen LogP contribution in [0.5, 0.6) is 17.2 Å². The Balaban J connectivity index is 1.34. The van der Waals surface area contributed by atoms with Crippen LogP contribution in [0.4, 0.5) is 0 Å². The Bertz CT molecular complexity index is 1610. The van der Waals surface area contributed by atoms with Crippen LogP contribution in [0, 0.1) is 6.92 Å². The number of nitrogens with zero attached hydrogens (tertiary/aromatic N) is 2. The SMILES string of the molecule is COc1ccc(CCNC(=O)CC(c2ccccc2C)c2cnc3c(OCc4ccccc4)cccn23)cc1OC. The molecule has 0 aliphatic heterocycles. The molecule has 0 spiro atoms. The number of pyridine rings is 1. The van der Waals surface area contributed by atoms with Crippen molar-refractivity contribution in [3.05, 3.63) is 125 Å². The van der Waals surface area contributed by atoms with Crippen molar-refractivity contribution in [2.24, 2.45) is 0 Å². The Morgan fingerprint density at radius 1 is 0.878 bits per heavy atom. The van der Waals surface area contributed by atoms with Crippen molar-refractivity contribution >= 4 is 11.6 Å². The quantitative estimate of drug-likeness (QED) is 0.203. The van der Waals surface area contributed by atoms with Crippen molar-refractivity contribution < 1.29 is 19.0 Å². The number of rotatable bonds is 12. The lowest BCUT2D eigenvalue weighted by atomic mass is 9.89. The van der Waals surface area contributed by atoms with E-state index in [4.69, 9.17) is 19.2 Å². The zero-order valence-electron chi connectivity index (χ0n) is 23.7. The Kier molecular flexibility index (Phi) is 8.84. The molecular weight excluding hydrogens is 514 g/mol. The molecule has 0 bridgehead atoms. The number of imidazole rings is 1. The Morgan fingerprint density at radius 2 is 1.66 bits per heavy atom. The zero-order chi connectivity index (χ0) is 28.6. The number of methoxy groups -OCH3 is 2. The summed E-state index contributed by atoms with van der Waals surface area (Å²) in [4.78, 5) is 18.0. The van der Waals surface area contributed by atoms with Crippen LogP contribution in [0.1, 0.15) is 40.3 Å². The Labute approximate surface area is 240 Å². The van der Waals surface area contributed by atoms with E-state index in [9.17, 15) is 4.79 Å². The molecule has 210 valence electrons. The van der Waals surface area contributed by atoms with Gasteiger partial charge in [0.15, 0.2) is 22.9 Å². The van der Waals surface area contributed by atoms with Gasteiger partial charge in [-0.3, -0.25) is 4.79 Å². The van der Waals surface area contributed by atoms with Gasteiger partial charge in [0.1, 0.15) is 6.61 Å². The number of aryl methyl sites for hydroxylation is 1. The fourth-order valence-electron chi connectivity index (χ4n) is 5.10. The third-order valence-corrected chi connectivity index (χ3v) is 7.26. The summed E-state index contributed by atoms with van der Waals surface area (Å²) in [7, 11) is 3.23. The average molecular weight is 550 g/mol. The van der Waals surface area contributed by atoms with E-state index in [0.717, 1.165) is 33.6 Å². The Hall–Kier alpha value is -4.78. The molecule has 1 N–H and O–H groups in total.